The van der Waals surface area contributed by atoms with Gasteiger partial charge in [0, 0.05) is 12.5 Å². The fraction of sp³-hybridized carbons (Fsp3) is 1.00. The Bertz CT molecular complexity index is 145. The highest BCUT2D eigenvalue weighted by Gasteiger charge is 2.43. The summed E-state index contributed by atoms with van der Waals surface area (Å²) in [6, 6.07) is 0. The summed E-state index contributed by atoms with van der Waals surface area (Å²) in [6.45, 7) is 4.50. The van der Waals surface area contributed by atoms with E-state index in [1.54, 1.807) is 0 Å². The molecule has 0 amide bonds. The molecule has 1 N–H and O–H groups in total. The van der Waals surface area contributed by atoms with Crippen molar-refractivity contribution < 1.29 is 8.78 Å². The minimum atomic E-state index is -2.46. The summed E-state index contributed by atoms with van der Waals surface area (Å²) >= 11 is 0. The molecule has 1 heterocycles. The molecular formula is C9H17F2N. The third-order valence-electron chi connectivity index (χ3n) is 2.44. The van der Waals surface area contributed by atoms with Crippen LogP contribution in [0.15, 0.2) is 0 Å². The summed E-state index contributed by atoms with van der Waals surface area (Å²) in [5.74, 6) is -2.36. The number of nitrogens with one attached hydrogen (secondary N) is 1. The Kier molecular flexibility index (Phi) is 3.04. The van der Waals surface area contributed by atoms with Gasteiger partial charge in [0.1, 0.15) is 0 Å². The summed E-state index contributed by atoms with van der Waals surface area (Å²) in [5.41, 5.74) is 0. The Labute approximate surface area is 72.5 Å². The Hall–Kier alpha value is -0.180. The lowest BCUT2D eigenvalue weighted by Crippen LogP contribution is -2.26. The lowest BCUT2D eigenvalue weighted by Gasteiger charge is -2.18. The van der Waals surface area contributed by atoms with Gasteiger partial charge in [0.2, 0.25) is 0 Å². The van der Waals surface area contributed by atoms with Crippen molar-refractivity contribution in [1.29, 1.82) is 0 Å². The quantitative estimate of drug-likeness (QED) is 0.697. The maximum absolute atomic E-state index is 13.0. The number of halogens is 2. The highest BCUT2D eigenvalue weighted by molar-refractivity contribution is 4.87. The van der Waals surface area contributed by atoms with Gasteiger partial charge in [-0.2, -0.15) is 0 Å². The molecule has 0 aromatic heterocycles. The SMILES string of the molecule is CC(C)CCC1CNCC1(F)F. The number of hydrogen-bond acceptors (Lipinski definition) is 1. The second kappa shape index (κ2) is 3.69. The molecule has 1 atom stereocenters. The zero-order chi connectivity index (χ0) is 9.19. The van der Waals surface area contributed by atoms with E-state index in [2.05, 4.69) is 19.2 Å². The van der Waals surface area contributed by atoms with E-state index >= 15 is 0 Å². The predicted octanol–water partition coefficient (Wildman–Crippen LogP) is 2.28. The number of rotatable bonds is 3. The molecule has 1 saturated heterocycles. The Morgan fingerprint density at radius 3 is 2.58 bits per heavy atom. The van der Waals surface area contributed by atoms with Crippen molar-refractivity contribution in [3.63, 3.8) is 0 Å². The van der Waals surface area contributed by atoms with Crippen LogP contribution in [0.4, 0.5) is 8.78 Å². The molecule has 0 radical (unpaired) electrons. The van der Waals surface area contributed by atoms with E-state index in [0.717, 1.165) is 6.42 Å². The van der Waals surface area contributed by atoms with Crippen molar-refractivity contribution in [2.75, 3.05) is 13.1 Å². The molecule has 0 spiro atoms. The smallest absolute Gasteiger partial charge is 0.264 e. The van der Waals surface area contributed by atoms with Gasteiger partial charge in [0.25, 0.3) is 5.92 Å². The van der Waals surface area contributed by atoms with Crippen LogP contribution in [0.25, 0.3) is 0 Å². The normalized spacial score (nSPS) is 28.2. The summed E-state index contributed by atoms with van der Waals surface area (Å²) in [5, 5.41) is 2.74. The van der Waals surface area contributed by atoms with Crippen LogP contribution in [0.3, 0.4) is 0 Å². The molecule has 0 aromatic carbocycles. The first-order valence-corrected chi connectivity index (χ1v) is 4.61. The molecule has 0 saturated carbocycles. The van der Waals surface area contributed by atoms with Crippen molar-refractivity contribution in [2.24, 2.45) is 11.8 Å². The van der Waals surface area contributed by atoms with Crippen molar-refractivity contribution in [3.8, 4) is 0 Å². The first kappa shape index (κ1) is 9.90. The van der Waals surface area contributed by atoms with E-state index in [1.807, 2.05) is 0 Å². The third kappa shape index (κ3) is 2.41. The average Bonchev–Trinajstić information content (AvgIpc) is 2.25. The molecule has 1 rings (SSSR count). The van der Waals surface area contributed by atoms with Crippen molar-refractivity contribution in [1.82, 2.24) is 5.32 Å². The van der Waals surface area contributed by atoms with Crippen LogP contribution >= 0.6 is 0 Å². The molecule has 0 aliphatic carbocycles. The third-order valence-corrected chi connectivity index (χ3v) is 2.44. The monoisotopic (exact) mass is 177 g/mol. The van der Waals surface area contributed by atoms with Gasteiger partial charge in [-0.15, -0.1) is 0 Å². The number of alkyl halides is 2. The van der Waals surface area contributed by atoms with E-state index in [9.17, 15) is 8.78 Å². The summed E-state index contributed by atoms with van der Waals surface area (Å²) in [4.78, 5) is 0. The molecule has 0 aromatic rings. The summed E-state index contributed by atoms with van der Waals surface area (Å²) < 4.78 is 26.0. The molecule has 72 valence electrons. The molecule has 1 aliphatic rings. The standard InChI is InChI=1S/C9H17F2N/c1-7(2)3-4-8-5-12-6-9(8,10)11/h7-8,12H,3-6H2,1-2H3. The van der Waals surface area contributed by atoms with Crippen molar-refractivity contribution in [3.05, 3.63) is 0 Å². The Morgan fingerprint density at radius 1 is 1.50 bits per heavy atom. The highest BCUT2D eigenvalue weighted by atomic mass is 19.3. The molecular weight excluding hydrogens is 160 g/mol. The molecule has 0 bridgehead atoms. The van der Waals surface area contributed by atoms with Crippen molar-refractivity contribution >= 4 is 0 Å². The molecule has 1 aliphatic heterocycles. The Morgan fingerprint density at radius 2 is 2.17 bits per heavy atom. The summed E-state index contributed by atoms with van der Waals surface area (Å²) in [6.07, 6.45) is 1.56. The predicted molar refractivity (Wildman–Crippen MR) is 45.4 cm³/mol. The zero-order valence-electron chi connectivity index (χ0n) is 7.74. The van der Waals surface area contributed by atoms with E-state index in [1.165, 1.54) is 0 Å². The Balaban J connectivity index is 2.32. The van der Waals surface area contributed by atoms with E-state index in [0.29, 0.717) is 18.9 Å². The van der Waals surface area contributed by atoms with Gasteiger partial charge in [0.15, 0.2) is 0 Å². The largest absolute Gasteiger partial charge is 0.311 e. The van der Waals surface area contributed by atoms with Crippen LogP contribution in [0, 0.1) is 11.8 Å². The van der Waals surface area contributed by atoms with Crippen LogP contribution in [0.1, 0.15) is 26.7 Å². The highest BCUT2D eigenvalue weighted by Crippen LogP contribution is 2.32. The first-order valence-electron chi connectivity index (χ1n) is 4.61. The van der Waals surface area contributed by atoms with Gasteiger partial charge in [-0.05, 0) is 12.3 Å². The first-order chi connectivity index (χ1) is 5.52. The topological polar surface area (TPSA) is 12.0 Å². The molecule has 1 unspecified atom stereocenters. The average molecular weight is 177 g/mol. The van der Waals surface area contributed by atoms with Crippen LogP contribution in [-0.2, 0) is 0 Å². The van der Waals surface area contributed by atoms with Gasteiger partial charge in [0.05, 0.1) is 6.54 Å². The molecule has 3 heteroatoms. The van der Waals surface area contributed by atoms with E-state index < -0.39 is 11.8 Å². The van der Waals surface area contributed by atoms with Crippen molar-refractivity contribution in [2.45, 2.75) is 32.6 Å². The molecule has 1 fully saturated rings. The maximum Gasteiger partial charge on any atom is 0.264 e. The minimum Gasteiger partial charge on any atom is -0.311 e. The minimum absolute atomic E-state index is 0.129. The number of hydrogen-bond donors (Lipinski definition) is 1. The lowest BCUT2D eigenvalue weighted by molar-refractivity contribution is -0.0257. The summed E-state index contributed by atoms with van der Waals surface area (Å²) in [7, 11) is 0. The maximum atomic E-state index is 13.0. The van der Waals surface area contributed by atoms with E-state index in [4.69, 9.17) is 0 Å². The van der Waals surface area contributed by atoms with Crippen LogP contribution < -0.4 is 5.32 Å². The van der Waals surface area contributed by atoms with Crippen LogP contribution in [0.2, 0.25) is 0 Å². The van der Waals surface area contributed by atoms with Gasteiger partial charge in [-0.25, -0.2) is 8.78 Å². The molecule has 1 nitrogen and oxygen atoms in total. The van der Waals surface area contributed by atoms with Gasteiger partial charge in [-0.1, -0.05) is 20.3 Å². The second-order valence-corrected chi connectivity index (χ2v) is 4.06. The van der Waals surface area contributed by atoms with Crippen LogP contribution in [0.5, 0.6) is 0 Å². The fourth-order valence-corrected chi connectivity index (χ4v) is 1.55. The second-order valence-electron chi connectivity index (χ2n) is 4.06. The van der Waals surface area contributed by atoms with Crippen LogP contribution in [-0.4, -0.2) is 19.0 Å². The van der Waals surface area contributed by atoms with Gasteiger partial charge >= 0.3 is 0 Å². The zero-order valence-corrected chi connectivity index (χ0v) is 7.74. The fourth-order valence-electron chi connectivity index (χ4n) is 1.55. The van der Waals surface area contributed by atoms with E-state index in [-0.39, 0.29) is 6.54 Å². The van der Waals surface area contributed by atoms with Gasteiger partial charge < -0.3 is 5.32 Å². The lowest BCUT2D eigenvalue weighted by atomic mass is 9.95. The molecule has 12 heavy (non-hydrogen) atoms. The van der Waals surface area contributed by atoms with Gasteiger partial charge in [-0.3, -0.25) is 0 Å².